The van der Waals surface area contributed by atoms with E-state index >= 15 is 0 Å². The SMILES string of the molecule is CC1(C)c2cc(C[C@@H](c3ccccc3)c3ccc4oc5ccccc5c4c3)ccc2-c2cc3oc4cc(CC(c5ccccc5)c5ccc6oc7ccccc7c6c5)c5ccccc5c4c3cc21. The summed E-state index contributed by atoms with van der Waals surface area (Å²) in [6, 6.07) is 75.3. The van der Waals surface area contributed by atoms with Crippen molar-refractivity contribution in [2.24, 2.45) is 0 Å². The van der Waals surface area contributed by atoms with Gasteiger partial charge in [-0.1, -0.05) is 166 Å². The standard InChI is InChI=1S/C65H46O3/c1-65(2)56-32-39(31-50(40-15-5-3-6-16-40)42-26-29-60-53(33-42)47-20-11-13-23-58(47)66-60)25-28-46(56)52-38-62-55(37-57(52)65)64-49-22-10-9-19-45(49)44(36-63(64)68-62)35-51(41-17-7-4-8-18-41)43-27-30-61-54(34-43)48-21-12-14-24-59(48)67-61/h3-30,32-34,36-38,50-51H,31,35H2,1-2H3/t50-,51?/m0/s1. The van der Waals surface area contributed by atoms with Crippen LogP contribution in [0.2, 0.25) is 0 Å². The second-order valence-corrected chi connectivity index (χ2v) is 19.5. The zero-order chi connectivity index (χ0) is 45.1. The monoisotopic (exact) mass is 874 g/mol. The van der Waals surface area contributed by atoms with Gasteiger partial charge in [0, 0.05) is 49.6 Å². The largest absolute Gasteiger partial charge is 0.456 e. The summed E-state index contributed by atoms with van der Waals surface area (Å²) in [7, 11) is 0. The van der Waals surface area contributed by atoms with E-state index < -0.39 is 0 Å². The van der Waals surface area contributed by atoms with Crippen LogP contribution in [0.4, 0.5) is 0 Å². The van der Waals surface area contributed by atoms with Crippen LogP contribution in [-0.2, 0) is 18.3 Å². The maximum atomic E-state index is 7.00. The lowest BCUT2D eigenvalue weighted by atomic mass is 9.80. The summed E-state index contributed by atoms with van der Waals surface area (Å²) >= 11 is 0. The summed E-state index contributed by atoms with van der Waals surface area (Å²) in [5.41, 5.74) is 18.4. The van der Waals surface area contributed by atoms with Gasteiger partial charge in [-0.15, -0.1) is 0 Å². The molecule has 0 radical (unpaired) electrons. The molecule has 0 spiro atoms. The van der Waals surface area contributed by atoms with Crippen LogP contribution >= 0.6 is 0 Å². The molecule has 3 aromatic heterocycles. The lowest BCUT2D eigenvalue weighted by Crippen LogP contribution is -2.15. The number of para-hydroxylation sites is 2. The van der Waals surface area contributed by atoms with E-state index in [1.54, 1.807) is 0 Å². The minimum atomic E-state index is -0.213. The summed E-state index contributed by atoms with van der Waals surface area (Å²) < 4.78 is 19.5. The van der Waals surface area contributed by atoms with Crippen LogP contribution in [0.1, 0.15) is 70.2 Å². The molecule has 68 heavy (non-hydrogen) atoms. The Hall–Kier alpha value is -8.14. The van der Waals surface area contributed by atoms with Crippen molar-refractivity contribution in [1.29, 1.82) is 0 Å². The Morgan fingerprint density at radius 3 is 1.49 bits per heavy atom. The minimum absolute atomic E-state index is 0.119. The Morgan fingerprint density at radius 2 is 0.853 bits per heavy atom. The minimum Gasteiger partial charge on any atom is -0.456 e. The van der Waals surface area contributed by atoms with E-state index in [0.717, 1.165) is 62.5 Å². The van der Waals surface area contributed by atoms with Crippen molar-refractivity contribution in [2.45, 2.75) is 43.9 Å². The Kier molecular flexibility index (Phi) is 8.58. The molecule has 0 saturated heterocycles. The molecule has 14 rings (SSSR count). The first-order chi connectivity index (χ1) is 33.4. The molecule has 3 heteroatoms. The van der Waals surface area contributed by atoms with Gasteiger partial charge in [-0.25, -0.2) is 0 Å². The summed E-state index contributed by atoms with van der Waals surface area (Å²) in [5, 5.41) is 9.47. The van der Waals surface area contributed by atoms with Crippen molar-refractivity contribution in [3.63, 3.8) is 0 Å². The van der Waals surface area contributed by atoms with Gasteiger partial charge in [0.2, 0.25) is 0 Å². The van der Waals surface area contributed by atoms with E-state index in [1.165, 1.54) is 82.6 Å². The van der Waals surface area contributed by atoms with E-state index in [4.69, 9.17) is 13.3 Å². The third kappa shape index (κ3) is 6.05. The highest BCUT2D eigenvalue weighted by Gasteiger charge is 2.37. The predicted octanol–water partition coefficient (Wildman–Crippen LogP) is 17.6. The summed E-state index contributed by atoms with van der Waals surface area (Å²) in [4.78, 5) is 0. The average Bonchev–Trinajstić information content (AvgIpc) is 4.12. The predicted molar refractivity (Wildman–Crippen MR) is 280 cm³/mol. The van der Waals surface area contributed by atoms with Crippen LogP contribution in [0.3, 0.4) is 0 Å². The van der Waals surface area contributed by atoms with Gasteiger partial charge >= 0.3 is 0 Å². The second kappa shape index (κ2) is 14.9. The first-order valence-electron chi connectivity index (χ1n) is 23.9. The Bertz CT molecular complexity index is 4130. The molecule has 0 bridgehead atoms. The number of fused-ring (bicyclic) bond motifs is 14. The molecule has 10 aromatic carbocycles. The fraction of sp³-hybridized carbons (Fsp3) is 0.108. The maximum absolute atomic E-state index is 7.00. The van der Waals surface area contributed by atoms with E-state index in [9.17, 15) is 0 Å². The maximum Gasteiger partial charge on any atom is 0.136 e. The van der Waals surface area contributed by atoms with Crippen LogP contribution in [-0.4, -0.2) is 0 Å². The number of rotatable bonds is 8. The molecular weight excluding hydrogens is 829 g/mol. The van der Waals surface area contributed by atoms with Crippen LogP contribution in [0.25, 0.3) is 87.7 Å². The molecule has 13 aromatic rings. The molecule has 324 valence electrons. The first-order valence-corrected chi connectivity index (χ1v) is 23.9. The highest BCUT2D eigenvalue weighted by molar-refractivity contribution is 6.20. The van der Waals surface area contributed by atoms with E-state index in [2.05, 4.69) is 208 Å². The number of furan rings is 3. The lowest BCUT2D eigenvalue weighted by molar-refractivity contribution is 0.655. The Labute approximate surface area is 393 Å². The van der Waals surface area contributed by atoms with E-state index in [1.807, 2.05) is 12.1 Å². The lowest BCUT2D eigenvalue weighted by Gasteiger charge is -2.23. The molecule has 2 atom stereocenters. The molecule has 3 heterocycles. The second-order valence-electron chi connectivity index (χ2n) is 19.5. The molecule has 1 aliphatic carbocycles. The molecular formula is C65H46O3. The van der Waals surface area contributed by atoms with Gasteiger partial charge in [0.25, 0.3) is 0 Å². The number of hydrogen-bond donors (Lipinski definition) is 0. The third-order valence-corrected chi connectivity index (χ3v) is 15.3. The van der Waals surface area contributed by atoms with Gasteiger partial charge in [-0.2, -0.15) is 0 Å². The van der Waals surface area contributed by atoms with Crippen molar-refractivity contribution in [3.05, 3.63) is 251 Å². The van der Waals surface area contributed by atoms with Crippen LogP contribution in [0.15, 0.2) is 220 Å². The Balaban J connectivity index is 0.854. The number of hydrogen-bond acceptors (Lipinski definition) is 3. The zero-order valence-electron chi connectivity index (χ0n) is 37.9. The topological polar surface area (TPSA) is 39.4 Å². The first kappa shape index (κ1) is 39.1. The molecule has 3 nitrogen and oxygen atoms in total. The highest BCUT2D eigenvalue weighted by atomic mass is 16.3. The summed E-state index contributed by atoms with van der Waals surface area (Å²) in [6.07, 6.45) is 1.70. The van der Waals surface area contributed by atoms with Gasteiger partial charge in [0.1, 0.15) is 33.5 Å². The molecule has 0 aliphatic heterocycles. The van der Waals surface area contributed by atoms with Crippen molar-refractivity contribution >= 4 is 76.6 Å². The zero-order valence-corrected chi connectivity index (χ0v) is 37.9. The van der Waals surface area contributed by atoms with Crippen molar-refractivity contribution < 1.29 is 13.3 Å². The van der Waals surface area contributed by atoms with Crippen LogP contribution in [0.5, 0.6) is 0 Å². The molecule has 0 saturated carbocycles. The van der Waals surface area contributed by atoms with Crippen LogP contribution < -0.4 is 0 Å². The van der Waals surface area contributed by atoms with E-state index in [0.29, 0.717) is 0 Å². The average molecular weight is 875 g/mol. The van der Waals surface area contributed by atoms with Crippen molar-refractivity contribution in [3.8, 4) is 11.1 Å². The van der Waals surface area contributed by atoms with Gasteiger partial charge in [-0.3, -0.25) is 0 Å². The summed E-state index contributed by atoms with van der Waals surface area (Å²) in [5.74, 6) is 0.295. The van der Waals surface area contributed by atoms with Crippen molar-refractivity contribution in [1.82, 2.24) is 0 Å². The highest BCUT2D eigenvalue weighted by Crippen LogP contribution is 2.52. The Morgan fingerprint density at radius 1 is 0.338 bits per heavy atom. The van der Waals surface area contributed by atoms with Crippen LogP contribution in [0, 0.1) is 0 Å². The third-order valence-electron chi connectivity index (χ3n) is 15.3. The number of benzene rings is 10. The molecule has 0 fully saturated rings. The van der Waals surface area contributed by atoms with Crippen molar-refractivity contribution in [2.75, 3.05) is 0 Å². The van der Waals surface area contributed by atoms with Gasteiger partial charge in [-0.05, 0) is 134 Å². The quantitative estimate of drug-likeness (QED) is 0.153. The van der Waals surface area contributed by atoms with Gasteiger partial charge in [0.05, 0.1) is 0 Å². The van der Waals surface area contributed by atoms with E-state index in [-0.39, 0.29) is 17.3 Å². The smallest absolute Gasteiger partial charge is 0.136 e. The fourth-order valence-corrected chi connectivity index (χ4v) is 11.9. The normalized spacial score (nSPS) is 14.1. The molecule has 1 unspecified atom stereocenters. The van der Waals surface area contributed by atoms with Gasteiger partial charge in [0.15, 0.2) is 0 Å². The van der Waals surface area contributed by atoms with Gasteiger partial charge < -0.3 is 13.3 Å². The molecule has 0 N–H and O–H groups in total. The molecule has 0 amide bonds. The summed E-state index contributed by atoms with van der Waals surface area (Å²) in [6.45, 7) is 4.79. The fourth-order valence-electron chi connectivity index (χ4n) is 11.9. The molecule has 1 aliphatic rings.